The Kier molecular flexibility index (Phi) is 4.98. The predicted molar refractivity (Wildman–Crippen MR) is 85.0 cm³/mol. The molecule has 0 spiro atoms. The molecular weight excluding hydrogens is 278 g/mol. The summed E-state index contributed by atoms with van der Waals surface area (Å²) in [5.74, 6) is 0.817. The molecule has 3 atom stereocenters. The molecule has 1 aliphatic heterocycles. The highest BCUT2D eigenvalue weighted by Crippen LogP contribution is 2.39. The molecule has 1 saturated heterocycles. The van der Waals surface area contributed by atoms with Crippen molar-refractivity contribution in [2.24, 2.45) is 5.92 Å². The summed E-state index contributed by atoms with van der Waals surface area (Å²) in [5.41, 5.74) is 0. The highest BCUT2D eigenvalue weighted by molar-refractivity contribution is 5.74. The Labute approximate surface area is 132 Å². The van der Waals surface area contributed by atoms with Crippen LogP contribution in [-0.4, -0.2) is 41.2 Å². The summed E-state index contributed by atoms with van der Waals surface area (Å²) >= 11 is 0. The number of nitrogens with zero attached hydrogens (tertiary/aromatic N) is 1. The van der Waals surface area contributed by atoms with E-state index in [0.29, 0.717) is 18.6 Å². The van der Waals surface area contributed by atoms with E-state index < -0.39 is 5.97 Å². The molecule has 2 aliphatic rings. The predicted octanol–water partition coefficient (Wildman–Crippen LogP) is 3.17. The molecule has 3 rings (SSSR count). The van der Waals surface area contributed by atoms with Gasteiger partial charge in [-0.1, -0.05) is 31.0 Å². The van der Waals surface area contributed by atoms with E-state index in [9.17, 15) is 9.90 Å². The summed E-state index contributed by atoms with van der Waals surface area (Å²) in [7, 11) is 0. The minimum absolute atomic E-state index is 0.287. The third-order valence-electron chi connectivity index (χ3n) is 5.08. The van der Waals surface area contributed by atoms with Crippen molar-refractivity contribution in [1.29, 1.82) is 0 Å². The molecular formula is C18H25NO3. The van der Waals surface area contributed by atoms with Gasteiger partial charge in [0, 0.05) is 12.6 Å². The van der Waals surface area contributed by atoms with Gasteiger partial charge in [-0.05, 0) is 43.7 Å². The molecule has 0 bridgehead atoms. The number of benzene rings is 1. The van der Waals surface area contributed by atoms with Gasteiger partial charge in [0.25, 0.3) is 0 Å². The van der Waals surface area contributed by atoms with Crippen molar-refractivity contribution in [3.05, 3.63) is 30.3 Å². The van der Waals surface area contributed by atoms with Crippen LogP contribution in [0.2, 0.25) is 0 Å². The van der Waals surface area contributed by atoms with Crippen LogP contribution in [0.25, 0.3) is 0 Å². The lowest BCUT2D eigenvalue weighted by atomic mass is 9.85. The van der Waals surface area contributed by atoms with Gasteiger partial charge in [0.1, 0.15) is 11.8 Å². The number of likely N-dealkylation sites (tertiary alicyclic amines) is 1. The number of fused-ring (bicyclic) bond motifs is 1. The van der Waals surface area contributed by atoms with Gasteiger partial charge in [-0.15, -0.1) is 0 Å². The van der Waals surface area contributed by atoms with Crippen LogP contribution >= 0.6 is 0 Å². The number of aliphatic carboxylic acids is 1. The van der Waals surface area contributed by atoms with Crippen LogP contribution in [0.1, 0.15) is 38.5 Å². The van der Waals surface area contributed by atoms with Gasteiger partial charge in [0.2, 0.25) is 0 Å². The SMILES string of the molecule is O=C(O)[C@@H]1C[C@H]2CCCC[C@@H]2N1CCCOc1ccccc1. The average molecular weight is 303 g/mol. The van der Waals surface area contributed by atoms with Gasteiger partial charge < -0.3 is 9.84 Å². The van der Waals surface area contributed by atoms with Gasteiger partial charge in [-0.2, -0.15) is 0 Å². The molecule has 0 amide bonds. The molecule has 22 heavy (non-hydrogen) atoms. The average Bonchev–Trinajstić information content (AvgIpc) is 2.92. The van der Waals surface area contributed by atoms with Gasteiger partial charge in [-0.3, -0.25) is 9.69 Å². The second-order valence-electron chi connectivity index (χ2n) is 6.45. The third kappa shape index (κ3) is 3.43. The van der Waals surface area contributed by atoms with Crippen LogP contribution in [0, 0.1) is 5.92 Å². The molecule has 0 aromatic heterocycles. The van der Waals surface area contributed by atoms with Crippen molar-refractivity contribution < 1.29 is 14.6 Å². The number of hydrogen-bond donors (Lipinski definition) is 1. The fraction of sp³-hybridized carbons (Fsp3) is 0.611. The molecule has 0 unspecified atom stereocenters. The third-order valence-corrected chi connectivity index (χ3v) is 5.08. The first kappa shape index (κ1) is 15.3. The molecule has 0 radical (unpaired) electrons. The number of ether oxygens (including phenoxy) is 1. The second kappa shape index (κ2) is 7.14. The number of carboxylic acid groups (broad SMARTS) is 1. The molecule has 1 aliphatic carbocycles. The molecule has 1 aromatic carbocycles. The van der Waals surface area contributed by atoms with E-state index in [1.807, 2.05) is 30.3 Å². The number of rotatable bonds is 6. The molecule has 120 valence electrons. The maximum atomic E-state index is 11.5. The Bertz CT molecular complexity index is 490. The van der Waals surface area contributed by atoms with E-state index in [-0.39, 0.29) is 6.04 Å². The Morgan fingerprint density at radius 2 is 2.00 bits per heavy atom. The van der Waals surface area contributed by atoms with Crippen molar-refractivity contribution in [2.45, 2.75) is 50.6 Å². The van der Waals surface area contributed by atoms with Crippen LogP contribution < -0.4 is 4.74 Å². The lowest BCUT2D eigenvalue weighted by Crippen LogP contribution is -2.43. The van der Waals surface area contributed by atoms with Gasteiger partial charge >= 0.3 is 5.97 Å². The second-order valence-corrected chi connectivity index (χ2v) is 6.45. The lowest BCUT2D eigenvalue weighted by molar-refractivity contribution is -0.142. The largest absolute Gasteiger partial charge is 0.494 e. The topological polar surface area (TPSA) is 49.8 Å². The maximum absolute atomic E-state index is 11.5. The molecule has 1 N–H and O–H groups in total. The van der Waals surface area contributed by atoms with E-state index in [0.717, 1.165) is 31.6 Å². The smallest absolute Gasteiger partial charge is 0.320 e. The Morgan fingerprint density at radius 1 is 1.23 bits per heavy atom. The van der Waals surface area contributed by atoms with Crippen molar-refractivity contribution in [1.82, 2.24) is 4.90 Å². The van der Waals surface area contributed by atoms with Crippen molar-refractivity contribution >= 4 is 5.97 Å². The minimum Gasteiger partial charge on any atom is -0.494 e. The summed E-state index contributed by atoms with van der Waals surface area (Å²) in [6.07, 6.45) is 6.57. The fourth-order valence-corrected chi connectivity index (χ4v) is 4.07. The Hall–Kier alpha value is -1.55. The molecule has 4 heteroatoms. The monoisotopic (exact) mass is 303 g/mol. The van der Waals surface area contributed by atoms with Crippen molar-refractivity contribution in [3.8, 4) is 5.75 Å². The van der Waals surface area contributed by atoms with Crippen LogP contribution in [-0.2, 0) is 4.79 Å². The van der Waals surface area contributed by atoms with Crippen LogP contribution in [0.3, 0.4) is 0 Å². The lowest BCUT2D eigenvalue weighted by Gasteiger charge is -2.32. The number of para-hydroxylation sites is 1. The van der Waals surface area contributed by atoms with Gasteiger partial charge in [0.05, 0.1) is 6.61 Å². The van der Waals surface area contributed by atoms with E-state index in [1.54, 1.807) is 0 Å². The molecule has 1 saturated carbocycles. The molecule has 1 heterocycles. The maximum Gasteiger partial charge on any atom is 0.320 e. The molecule has 2 fully saturated rings. The van der Waals surface area contributed by atoms with E-state index in [4.69, 9.17) is 4.74 Å². The highest BCUT2D eigenvalue weighted by atomic mass is 16.5. The zero-order chi connectivity index (χ0) is 15.4. The summed E-state index contributed by atoms with van der Waals surface area (Å²) < 4.78 is 5.72. The first-order valence-electron chi connectivity index (χ1n) is 8.42. The normalized spacial score (nSPS) is 28.3. The van der Waals surface area contributed by atoms with E-state index in [1.165, 1.54) is 19.3 Å². The molecule has 4 nitrogen and oxygen atoms in total. The number of carboxylic acids is 1. The number of hydrogen-bond acceptors (Lipinski definition) is 3. The fourth-order valence-electron chi connectivity index (χ4n) is 4.07. The Morgan fingerprint density at radius 3 is 2.77 bits per heavy atom. The van der Waals surface area contributed by atoms with E-state index >= 15 is 0 Å². The van der Waals surface area contributed by atoms with Crippen LogP contribution in [0.4, 0.5) is 0 Å². The summed E-state index contributed by atoms with van der Waals surface area (Å²) in [6, 6.07) is 9.99. The van der Waals surface area contributed by atoms with Crippen molar-refractivity contribution in [2.75, 3.05) is 13.2 Å². The van der Waals surface area contributed by atoms with Crippen LogP contribution in [0.15, 0.2) is 30.3 Å². The Balaban J connectivity index is 1.51. The summed E-state index contributed by atoms with van der Waals surface area (Å²) in [5, 5.41) is 9.49. The summed E-state index contributed by atoms with van der Waals surface area (Å²) in [6.45, 7) is 1.47. The number of carbonyl (C=O) groups is 1. The standard InChI is InChI=1S/C18H25NO3/c20-18(21)17-13-14-7-4-5-10-16(14)19(17)11-6-12-22-15-8-2-1-3-9-15/h1-3,8-9,14,16-17H,4-7,10-13H2,(H,20,21)/t14-,16+,17+/m1/s1. The van der Waals surface area contributed by atoms with Crippen molar-refractivity contribution in [3.63, 3.8) is 0 Å². The zero-order valence-electron chi connectivity index (χ0n) is 13.0. The first-order valence-corrected chi connectivity index (χ1v) is 8.42. The van der Waals surface area contributed by atoms with Crippen LogP contribution in [0.5, 0.6) is 5.75 Å². The van der Waals surface area contributed by atoms with Gasteiger partial charge in [-0.25, -0.2) is 0 Å². The van der Waals surface area contributed by atoms with E-state index in [2.05, 4.69) is 4.90 Å². The highest BCUT2D eigenvalue weighted by Gasteiger charge is 2.44. The van der Waals surface area contributed by atoms with Gasteiger partial charge in [0.15, 0.2) is 0 Å². The minimum atomic E-state index is -0.654. The molecule has 1 aromatic rings. The summed E-state index contributed by atoms with van der Waals surface area (Å²) in [4.78, 5) is 13.8. The first-order chi connectivity index (χ1) is 10.8. The quantitative estimate of drug-likeness (QED) is 0.820. The zero-order valence-corrected chi connectivity index (χ0v) is 13.0.